The lowest BCUT2D eigenvalue weighted by molar-refractivity contribution is -0.674. The molecule has 42 heavy (non-hydrogen) atoms. The molecule has 0 atom stereocenters. The van der Waals surface area contributed by atoms with Gasteiger partial charge in [0, 0.05) is 16.3 Å². The number of benzene rings is 4. The van der Waals surface area contributed by atoms with Gasteiger partial charge in [0.25, 0.3) is 15.6 Å². The van der Waals surface area contributed by atoms with Crippen molar-refractivity contribution in [2.24, 2.45) is 0 Å². The molecule has 0 unspecified atom stereocenters. The number of para-hydroxylation sites is 4. The molecule has 216 valence electrons. The molecule has 11 heteroatoms. The van der Waals surface area contributed by atoms with Crippen molar-refractivity contribution in [1.29, 1.82) is 0 Å². The molecule has 0 saturated heterocycles. The predicted octanol–water partition coefficient (Wildman–Crippen LogP) is 6.48. The van der Waals surface area contributed by atoms with E-state index in [9.17, 15) is 8.42 Å². The maximum Gasteiger partial charge on any atom is 0.374 e. The van der Waals surface area contributed by atoms with Crippen molar-refractivity contribution in [2.75, 3.05) is 22.0 Å². The fraction of sp³-hybridized carbons (Fsp3) is 0.129. The van der Waals surface area contributed by atoms with Crippen LogP contribution in [-0.2, 0) is 16.7 Å². The fourth-order valence-electron chi connectivity index (χ4n) is 4.92. The van der Waals surface area contributed by atoms with E-state index < -0.39 is 10.1 Å². The number of thioether (sulfide) groups is 1. The average Bonchev–Trinajstić information content (AvgIpc) is 3.67. The molecule has 5 aromatic rings. The van der Waals surface area contributed by atoms with Crippen molar-refractivity contribution >= 4 is 61.2 Å². The Morgan fingerprint density at radius 2 is 1.79 bits per heavy atom. The minimum atomic E-state index is -4.01. The van der Waals surface area contributed by atoms with E-state index in [0.29, 0.717) is 11.8 Å². The normalized spacial score (nSPS) is 14.7. The van der Waals surface area contributed by atoms with E-state index in [0.717, 1.165) is 56.3 Å². The van der Waals surface area contributed by atoms with Crippen LogP contribution in [0.25, 0.3) is 27.9 Å². The van der Waals surface area contributed by atoms with Crippen molar-refractivity contribution < 1.29 is 32.2 Å². The summed E-state index contributed by atoms with van der Waals surface area (Å²) < 4.78 is 44.8. The molecule has 2 aliphatic heterocycles. The number of hydrogen-bond donors (Lipinski definition) is 2. The monoisotopic (exact) mass is 603 g/mol. The number of ether oxygens (including phenoxy) is 1. The first-order valence-corrected chi connectivity index (χ1v) is 15.7. The van der Waals surface area contributed by atoms with E-state index in [-0.39, 0.29) is 11.4 Å². The molecule has 9 nitrogen and oxygen atoms in total. The van der Waals surface area contributed by atoms with Crippen molar-refractivity contribution in [1.82, 2.24) is 0 Å². The smallest absolute Gasteiger partial charge is 0.374 e. The molecule has 0 radical (unpaired) electrons. The van der Waals surface area contributed by atoms with Gasteiger partial charge in [0.15, 0.2) is 11.6 Å². The Bertz CT molecular complexity index is 1890. The molecule has 0 bridgehead atoms. The molecular formula is C31H29N3O6S2. The number of oxazole rings is 1. The summed E-state index contributed by atoms with van der Waals surface area (Å²) in [5, 5.41) is 5.31. The Hall–Kier alpha value is -4.29. The van der Waals surface area contributed by atoms with Gasteiger partial charge in [0.05, 0.1) is 23.3 Å². The summed E-state index contributed by atoms with van der Waals surface area (Å²) in [5.41, 5.74) is 3.88. The standard InChI is InChI=1S/C19H16N2O2.C12H11NO3S2.H2O/c1-2-21-15-9-4-6-11-17(15)23-19(21)13-7-12-18-20-14-8-3-5-10-16(14)22-18;14-18(15,16)8-13-7-17-11-6-5-9-3-1-2-4-10(9)12(11)13;/h3-13H,2H2,1H3;1-6H,7-8H2,(H,14,15,16);1H2. The lowest BCUT2D eigenvalue weighted by Crippen LogP contribution is -2.33. The average molecular weight is 604 g/mol. The van der Waals surface area contributed by atoms with Crippen LogP contribution in [0.2, 0.25) is 0 Å². The lowest BCUT2D eigenvalue weighted by atomic mass is 10.1. The van der Waals surface area contributed by atoms with Gasteiger partial charge in [-0.3, -0.25) is 4.55 Å². The van der Waals surface area contributed by atoms with Gasteiger partial charge in [-0.05, 0) is 48.7 Å². The number of nitrogens with zero attached hydrogens (tertiary/aromatic N) is 2. The predicted molar refractivity (Wildman–Crippen MR) is 165 cm³/mol. The number of nitrogens with one attached hydrogen (secondary N) is 1. The van der Waals surface area contributed by atoms with Crippen LogP contribution in [-0.4, -0.2) is 30.2 Å². The summed E-state index contributed by atoms with van der Waals surface area (Å²) in [5.74, 6) is 2.56. The molecule has 3 heterocycles. The topological polar surface area (TPSA) is 126 Å². The van der Waals surface area contributed by atoms with Crippen molar-refractivity contribution in [3.8, 4) is 5.75 Å². The van der Waals surface area contributed by atoms with Gasteiger partial charge in [0.2, 0.25) is 5.58 Å². The first-order valence-electron chi connectivity index (χ1n) is 13.1. The summed E-state index contributed by atoms with van der Waals surface area (Å²) >= 11 is 1.58. The van der Waals surface area contributed by atoms with Crippen LogP contribution in [0, 0.1) is 0 Å². The molecule has 4 aromatic carbocycles. The molecule has 1 aromatic heterocycles. The Morgan fingerprint density at radius 3 is 2.60 bits per heavy atom. The van der Waals surface area contributed by atoms with Crippen LogP contribution in [0.1, 0.15) is 12.8 Å². The maximum absolute atomic E-state index is 11.0. The van der Waals surface area contributed by atoms with Crippen LogP contribution in [0.15, 0.2) is 112 Å². The minimum absolute atomic E-state index is 0. The van der Waals surface area contributed by atoms with E-state index in [2.05, 4.69) is 22.9 Å². The maximum atomic E-state index is 11.0. The van der Waals surface area contributed by atoms with Gasteiger partial charge in [0.1, 0.15) is 12.4 Å². The Kier molecular flexibility index (Phi) is 8.55. The van der Waals surface area contributed by atoms with E-state index >= 15 is 0 Å². The third kappa shape index (κ3) is 6.14. The number of hydrogen-bond acceptors (Lipinski definition) is 8. The lowest BCUT2D eigenvalue weighted by Gasteiger charge is -2.18. The summed E-state index contributed by atoms with van der Waals surface area (Å²) in [6, 6.07) is 27.8. The summed E-state index contributed by atoms with van der Waals surface area (Å²) in [6.45, 7) is 2.96. The van der Waals surface area contributed by atoms with Crippen LogP contribution >= 0.6 is 11.8 Å². The molecule has 7 rings (SSSR count). The zero-order chi connectivity index (χ0) is 28.4. The van der Waals surface area contributed by atoms with Gasteiger partial charge in [-0.25, -0.2) is 0 Å². The Labute approximate surface area is 247 Å². The molecule has 2 aliphatic rings. The highest BCUT2D eigenvalue weighted by atomic mass is 32.2. The van der Waals surface area contributed by atoms with E-state index in [4.69, 9.17) is 13.7 Å². The van der Waals surface area contributed by atoms with Crippen LogP contribution < -0.4 is 19.5 Å². The van der Waals surface area contributed by atoms with E-state index in [1.165, 1.54) is 0 Å². The van der Waals surface area contributed by atoms with Gasteiger partial charge in [-0.15, -0.1) is 11.8 Å². The van der Waals surface area contributed by atoms with Gasteiger partial charge < -0.3 is 24.8 Å². The first kappa shape index (κ1) is 29.2. The Morgan fingerprint density at radius 1 is 1.02 bits per heavy atom. The second-order valence-electron chi connectivity index (χ2n) is 9.42. The SMILES string of the molecule is CC[n+]1c(C=CC=C2Nc3ccccc3O2)oc2ccccc21.O=S(=O)(O)CN1CSc2ccc3ccccc3c21.[OH-]. The molecule has 3 N–H and O–H groups in total. The third-order valence-corrected chi connectivity index (χ3v) is 8.40. The van der Waals surface area contributed by atoms with Crippen LogP contribution in [0.4, 0.5) is 11.4 Å². The second-order valence-corrected chi connectivity index (χ2v) is 11.8. The molecule has 0 saturated carbocycles. The molecule has 0 amide bonds. The first-order chi connectivity index (χ1) is 19.9. The number of fused-ring (bicyclic) bond motifs is 5. The number of allylic oxidation sites excluding steroid dienone is 2. The number of aryl methyl sites for hydroxylation is 1. The second kappa shape index (κ2) is 12.3. The quantitative estimate of drug-likeness (QED) is 0.172. The highest BCUT2D eigenvalue weighted by molar-refractivity contribution is 8.00. The van der Waals surface area contributed by atoms with Crippen LogP contribution in [0.3, 0.4) is 0 Å². The Balaban J connectivity index is 0.000000169. The zero-order valence-electron chi connectivity index (χ0n) is 22.7. The minimum Gasteiger partial charge on any atom is -0.870 e. The van der Waals surface area contributed by atoms with E-state index in [1.807, 2.05) is 97.1 Å². The third-order valence-electron chi connectivity index (χ3n) is 6.68. The summed E-state index contributed by atoms with van der Waals surface area (Å²) in [4.78, 5) is 2.75. The summed E-state index contributed by atoms with van der Waals surface area (Å²) in [7, 11) is -4.01. The van der Waals surface area contributed by atoms with Gasteiger partial charge in [-0.1, -0.05) is 54.6 Å². The fourth-order valence-corrected chi connectivity index (χ4v) is 6.71. The molecule has 0 fully saturated rings. The highest BCUT2D eigenvalue weighted by Gasteiger charge is 2.25. The van der Waals surface area contributed by atoms with Gasteiger partial charge in [-0.2, -0.15) is 13.0 Å². The zero-order valence-corrected chi connectivity index (χ0v) is 24.3. The number of rotatable bonds is 5. The van der Waals surface area contributed by atoms with Gasteiger partial charge >= 0.3 is 5.89 Å². The van der Waals surface area contributed by atoms with Crippen molar-refractivity contribution in [2.45, 2.75) is 18.4 Å². The largest absolute Gasteiger partial charge is 0.870 e. The molecule has 0 spiro atoms. The number of aromatic nitrogens is 1. The molecular weight excluding hydrogens is 574 g/mol. The van der Waals surface area contributed by atoms with Crippen LogP contribution in [0.5, 0.6) is 5.75 Å². The summed E-state index contributed by atoms with van der Waals surface area (Å²) in [6.07, 6.45) is 5.77. The van der Waals surface area contributed by atoms with E-state index in [1.54, 1.807) is 16.7 Å². The van der Waals surface area contributed by atoms with Crippen molar-refractivity contribution in [3.05, 3.63) is 109 Å². The number of anilines is 2. The highest BCUT2D eigenvalue weighted by Crippen LogP contribution is 2.43. The van der Waals surface area contributed by atoms with Crippen molar-refractivity contribution in [3.63, 3.8) is 0 Å². The molecule has 0 aliphatic carbocycles.